The van der Waals surface area contributed by atoms with E-state index < -0.39 is 4.92 Å². The minimum Gasteiger partial charge on any atom is -0.434 e. The van der Waals surface area contributed by atoms with Crippen LogP contribution in [-0.4, -0.2) is 14.9 Å². The largest absolute Gasteiger partial charge is 0.434 e. The molecule has 1 atom stereocenters. The van der Waals surface area contributed by atoms with Gasteiger partial charge in [-0.15, -0.1) is 9.24 Å². The van der Waals surface area contributed by atoms with E-state index in [1.807, 2.05) is 19.9 Å². The number of fused-ring (bicyclic) bond motifs is 1. The van der Waals surface area contributed by atoms with Gasteiger partial charge in [-0.1, -0.05) is 19.9 Å². The van der Waals surface area contributed by atoms with Crippen molar-refractivity contribution < 1.29 is 9.34 Å². The van der Waals surface area contributed by atoms with Crippen LogP contribution in [0.3, 0.4) is 0 Å². The number of oxazole rings is 1. The predicted octanol–water partition coefficient (Wildman–Crippen LogP) is 4.20. The molecule has 7 heteroatoms. The van der Waals surface area contributed by atoms with Crippen LogP contribution in [0.4, 0.5) is 5.69 Å². The maximum atomic E-state index is 10.8. The lowest BCUT2D eigenvalue weighted by Crippen LogP contribution is -1.88. The number of hydrogen-bond donors (Lipinski definition) is 0. The summed E-state index contributed by atoms with van der Waals surface area (Å²) in [4.78, 5) is 19.0. The molecular formula is C15H16N3O3P. The van der Waals surface area contributed by atoms with Crippen LogP contribution in [-0.2, 0) is 6.16 Å². The molecule has 0 fully saturated rings. The zero-order chi connectivity index (χ0) is 16.1. The number of benzene rings is 1. The zero-order valence-corrected chi connectivity index (χ0v) is 13.5. The van der Waals surface area contributed by atoms with E-state index in [1.165, 1.54) is 12.1 Å². The molecule has 0 amide bonds. The first-order valence-electron chi connectivity index (χ1n) is 6.89. The van der Waals surface area contributed by atoms with Gasteiger partial charge in [0.05, 0.1) is 4.92 Å². The molecule has 2 heterocycles. The summed E-state index contributed by atoms with van der Waals surface area (Å²) in [5.74, 6) is 0.331. The number of non-ortho nitro benzene ring substituents is 1. The van der Waals surface area contributed by atoms with Gasteiger partial charge in [-0.2, -0.15) is 4.98 Å². The van der Waals surface area contributed by atoms with Gasteiger partial charge in [0, 0.05) is 29.6 Å². The molecule has 3 aromatic rings. The van der Waals surface area contributed by atoms with Crippen molar-refractivity contribution in [1.29, 1.82) is 0 Å². The van der Waals surface area contributed by atoms with Gasteiger partial charge in [0.2, 0.25) is 5.89 Å². The summed E-state index contributed by atoms with van der Waals surface area (Å²) in [7, 11) is 2.59. The minimum atomic E-state index is -0.448. The summed E-state index contributed by atoms with van der Waals surface area (Å²) in [6, 6.07) is 9.84. The topological polar surface area (TPSA) is 82.1 Å². The summed E-state index contributed by atoms with van der Waals surface area (Å²) in [6.07, 6.45) is 0.731. The minimum absolute atomic E-state index is 0.00311. The first kappa shape index (κ1) is 16.0. The second-order valence-electron chi connectivity index (χ2n) is 4.15. The third-order valence-electron chi connectivity index (χ3n) is 2.82. The lowest BCUT2D eigenvalue weighted by molar-refractivity contribution is -0.384. The van der Waals surface area contributed by atoms with E-state index in [1.54, 1.807) is 18.2 Å². The third kappa shape index (κ3) is 3.28. The van der Waals surface area contributed by atoms with Crippen LogP contribution in [0.2, 0.25) is 0 Å². The van der Waals surface area contributed by atoms with E-state index in [-0.39, 0.29) is 5.69 Å². The fourth-order valence-corrected chi connectivity index (χ4v) is 2.07. The molecular weight excluding hydrogens is 301 g/mol. The summed E-state index contributed by atoms with van der Waals surface area (Å²) in [6.45, 7) is 4.00. The van der Waals surface area contributed by atoms with Gasteiger partial charge in [-0.25, -0.2) is 4.98 Å². The average Bonchev–Trinajstić information content (AvgIpc) is 2.99. The van der Waals surface area contributed by atoms with Crippen molar-refractivity contribution >= 4 is 26.2 Å². The molecule has 0 radical (unpaired) electrons. The molecule has 1 aromatic carbocycles. The summed E-state index contributed by atoms with van der Waals surface area (Å²) >= 11 is 0. The van der Waals surface area contributed by atoms with Crippen LogP contribution in [0.1, 0.15) is 19.5 Å². The SMILES string of the molecule is CC.O=[N+]([O-])c1cccc(-c2nc3nc(CP)ccc3o2)c1. The molecule has 0 N–H and O–H groups in total. The van der Waals surface area contributed by atoms with Crippen LogP contribution >= 0.6 is 9.24 Å². The summed E-state index contributed by atoms with van der Waals surface area (Å²) < 4.78 is 5.59. The highest BCUT2D eigenvalue weighted by atomic mass is 31.0. The van der Waals surface area contributed by atoms with E-state index in [0.717, 1.165) is 11.9 Å². The number of rotatable bonds is 3. The van der Waals surface area contributed by atoms with Crippen LogP contribution < -0.4 is 0 Å². The molecule has 0 aliphatic carbocycles. The standard InChI is InChI=1S/C13H10N3O3P.C2H6/c17-16(18)10-3-1-2-8(6-10)13-15-12-11(19-13)5-4-9(7-20)14-12;1-2/h1-6H,7,20H2;1-2H3. The third-order valence-corrected chi connectivity index (χ3v) is 3.24. The molecule has 0 spiro atoms. The molecule has 0 saturated carbocycles. The molecule has 2 aromatic heterocycles. The maximum Gasteiger partial charge on any atom is 0.270 e. The number of nitrogens with zero attached hydrogens (tertiary/aromatic N) is 3. The monoisotopic (exact) mass is 317 g/mol. The summed E-state index contributed by atoms with van der Waals surface area (Å²) in [5, 5.41) is 10.8. The Bertz CT molecular complexity index is 802. The molecule has 114 valence electrons. The molecule has 0 aliphatic heterocycles. The van der Waals surface area contributed by atoms with E-state index in [9.17, 15) is 10.1 Å². The highest BCUT2D eigenvalue weighted by molar-refractivity contribution is 7.15. The van der Waals surface area contributed by atoms with Crippen molar-refractivity contribution in [3.05, 3.63) is 52.2 Å². The van der Waals surface area contributed by atoms with E-state index >= 15 is 0 Å². The fraction of sp³-hybridized carbons (Fsp3) is 0.200. The van der Waals surface area contributed by atoms with Gasteiger partial charge in [0.1, 0.15) is 0 Å². The van der Waals surface area contributed by atoms with Crippen molar-refractivity contribution in [2.75, 3.05) is 0 Å². The highest BCUT2D eigenvalue weighted by Gasteiger charge is 2.13. The normalized spacial score (nSPS) is 10.1. The Labute approximate surface area is 129 Å². The van der Waals surface area contributed by atoms with Gasteiger partial charge in [-0.3, -0.25) is 10.1 Å². The van der Waals surface area contributed by atoms with Crippen LogP contribution in [0.5, 0.6) is 0 Å². The maximum absolute atomic E-state index is 10.8. The van der Waals surface area contributed by atoms with Crippen molar-refractivity contribution in [2.45, 2.75) is 20.0 Å². The van der Waals surface area contributed by atoms with Gasteiger partial charge < -0.3 is 4.42 Å². The lowest BCUT2D eigenvalue weighted by atomic mass is 10.2. The molecule has 6 nitrogen and oxygen atoms in total. The quantitative estimate of drug-likeness (QED) is 0.411. The molecule has 3 rings (SSSR count). The van der Waals surface area contributed by atoms with Crippen molar-refractivity contribution in [2.24, 2.45) is 0 Å². The summed E-state index contributed by atoms with van der Waals surface area (Å²) in [5.41, 5.74) is 2.52. The lowest BCUT2D eigenvalue weighted by Gasteiger charge is -1.94. The first-order valence-corrected chi connectivity index (χ1v) is 7.70. The molecule has 0 aliphatic rings. The molecule has 0 saturated heterocycles. The number of nitro benzene ring substituents is 1. The Kier molecular flexibility index (Phi) is 5.17. The molecule has 1 unspecified atom stereocenters. The van der Waals surface area contributed by atoms with Gasteiger partial charge >= 0.3 is 0 Å². The van der Waals surface area contributed by atoms with Gasteiger partial charge in [0.15, 0.2) is 11.2 Å². The van der Waals surface area contributed by atoms with E-state index in [4.69, 9.17) is 4.42 Å². The number of nitro groups is 1. The Morgan fingerprint density at radius 2 is 2.00 bits per heavy atom. The van der Waals surface area contributed by atoms with Crippen molar-refractivity contribution in [3.63, 3.8) is 0 Å². The van der Waals surface area contributed by atoms with Crippen molar-refractivity contribution in [3.8, 4) is 11.5 Å². The van der Waals surface area contributed by atoms with E-state index in [0.29, 0.717) is 22.7 Å². The van der Waals surface area contributed by atoms with Gasteiger partial charge in [0.25, 0.3) is 5.69 Å². The van der Waals surface area contributed by atoms with Crippen LogP contribution in [0.25, 0.3) is 22.7 Å². The number of aromatic nitrogens is 2. The fourth-order valence-electron chi connectivity index (χ4n) is 1.85. The Morgan fingerprint density at radius 3 is 2.68 bits per heavy atom. The second-order valence-corrected chi connectivity index (χ2v) is 4.56. The zero-order valence-electron chi connectivity index (χ0n) is 12.3. The Hall–Kier alpha value is -2.33. The Balaban J connectivity index is 0.000000847. The van der Waals surface area contributed by atoms with Crippen molar-refractivity contribution in [1.82, 2.24) is 9.97 Å². The molecule has 0 bridgehead atoms. The predicted molar refractivity (Wildman–Crippen MR) is 88.7 cm³/mol. The highest BCUT2D eigenvalue weighted by Crippen LogP contribution is 2.26. The van der Waals surface area contributed by atoms with Gasteiger partial charge in [-0.05, 0) is 18.2 Å². The van der Waals surface area contributed by atoms with Crippen LogP contribution in [0, 0.1) is 10.1 Å². The number of hydrogen-bond acceptors (Lipinski definition) is 5. The second kappa shape index (κ2) is 7.09. The first-order chi connectivity index (χ1) is 10.7. The number of pyridine rings is 1. The Morgan fingerprint density at radius 1 is 1.23 bits per heavy atom. The average molecular weight is 317 g/mol. The smallest absolute Gasteiger partial charge is 0.270 e. The molecule has 22 heavy (non-hydrogen) atoms. The van der Waals surface area contributed by atoms with E-state index in [2.05, 4.69) is 19.2 Å². The van der Waals surface area contributed by atoms with Crippen LogP contribution in [0.15, 0.2) is 40.8 Å².